The highest BCUT2D eigenvalue weighted by Crippen LogP contribution is 2.52. The number of nitrogens with zero attached hydrogens (tertiary/aromatic N) is 16. The van der Waals surface area contributed by atoms with Crippen molar-refractivity contribution in [3.63, 3.8) is 0 Å². The summed E-state index contributed by atoms with van der Waals surface area (Å²) in [4.78, 5) is 139. The van der Waals surface area contributed by atoms with Crippen molar-refractivity contribution in [3.8, 4) is 34.5 Å². The molecule has 6 unspecified atom stereocenters. The third kappa shape index (κ3) is 28.2. The van der Waals surface area contributed by atoms with Gasteiger partial charge in [0.2, 0.25) is 23.1 Å². The normalized spacial score (nSPS) is 17.3. The van der Waals surface area contributed by atoms with Gasteiger partial charge in [-0.3, -0.25) is 53.4 Å². The number of urea groups is 3. The van der Waals surface area contributed by atoms with E-state index in [0.29, 0.717) is 81.1 Å². The molecular formula is C97H127Cl7N22O14. The lowest BCUT2D eigenvalue weighted by atomic mass is 9.90. The van der Waals surface area contributed by atoms with E-state index in [9.17, 15) is 38.4 Å². The summed E-state index contributed by atoms with van der Waals surface area (Å²) in [6.45, 7) is 21.0. The highest BCUT2D eigenvalue weighted by Gasteiger charge is 2.42. The maximum atomic E-state index is 14.3. The van der Waals surface area contributed by atoms with E-state index in [1.165, 1.54) is 168 Å². The molecular weight excluding hydrogens is 1950 g/mol. The largest absolute Gasteiger partial charge is 0.495 e. The molecule has 7 amide bonds. The second kappa shape index (κ2) is 53.9. The molecule has 36 nitrogen and oxygen atoms in total. The number of anilines is 8. The van der Waals surface area contributed by atoms with Gasteiger partial charge in [0.05, 0.1) is 99.0 Å². The van der Waals surface area contributed by atoms with Gasteiger partial charge in [0.15, 0.2) is 5.78 Å². The van der Waals surface area contributed by atoms with Crippen LogP contribution in [0.1, 0.15) is 161 Å². The predicted octanol–water partition coefficient (Wildman–Crippen LogP) is 17.3. The van der Waals surface area contributed by atoms with Crippen molar-refractivity contribution in [2.24, 2.45) is 38.3 Å². The number of allylic oxidation sites excluding steroid dienone is 1. The van der Waals surface area contributed by atoms with Crippen LogP contribution in [-0.2, 0) is 70.0 Å². The van der Waals surface area contributed by atoms with Gasteiger partial charge in [0.1, 0.15) is 82.1 Å². The van der Waals surface area contributed by atoms with Gasteiger partial charge in [0, 0.05) is 149 Å². The van der Waals surface area contributed by atoms with E-state index < -0.39 is 18.1 Å². The SMILES string of the molecule is C.C=CC(=O)NC1CCCCC1Nc1ncc2c(n1)N(Cc1ccn(C)c(=O)c1)C(=O)N(c1c(Cl)c(OC)cc(OC)c1Cl)C2.C=CC(C)=O.CCN(CC)CC.COc1cc(OC)c(Cl)c(N2Cc3cnc(Cl)nc3N(Cc3ccn(C)c(=O)c3)C2=O)c1Cl.COc1cc(OC)c(Cl)c(N2Cc3cnc(NC4CCCCC4N)nc3N(Cc3ccn(C)c(=O)c3)C2=O)c1Cl.NC1CCCCC1N.[2H]CC. The lowest BCUT2D eigenvalue weighted by Gasteiger charge is -2.37. The minimum absolute atomic E-state index is 0. The van der Waals surface area contributed by atoms with Crippen LogP contribution in [0.5, 0.6) is 34.5 Å². The van der Waals surface area contributed by atoms with E-state index in [4.69, 9.17) is 138 Å². The molecule has 3 aliphatic heterocycles. The van der Waals surface area contributed by atoms with E-state index in [1.54, 1.807) is 89.4 Å². The molecule has 3 aliphatic carbocycles. The quantitative estimate of drug-likeness (QED) is 0.0229. The Bertz CT molecular complexity index is 5960. The van der Waals surface area contributed by atoms with Crippen LogP contribution >= 0.6 is 81.2 Å². The van der Waals surface area contributed by atoms with Gasteiger partial charge in [0.25, 0.3) is 16.7 Å². The summed E-state index contributed by atoms with van der Waals surface area (Å²) in [7, 11) is 13.7. The van der Waals surface area contributed by atoms with Crippen LogP contribution in [-0.4, -0.2) is 177 Å². The number of benzene rings is 3. The number of nitrogens with one attached hydrogen (secondary N) is 3. The first-order valence-electron chi connectivity index (χ1n) is 45.8. The molecule has 6 aliphatic rings. The summed E-state index contributed by atoms with van der Waals surface area (Å²) in [5.41, 5.74) is 21.4. The molecule has 0 saturated heterocycles. The van der Waals surface area contributed by atoms with Gasteiger partial charge >= 0.3 is 18.1 Å². The van der Waals surface area contributed by atoms with Crippen molar-refractivity contribution in [2.75, 3.05) is 102 Å². The van der Waals surface area contributed by atoms with Crippen molar-refractivity contribution in [1.29, 1.82) is 0 Å². The number of carbonyl (C=O) groups is 5. The number of aromatic nitrogens is 9. The molecule has 9 aromatic rings. The monoisotopic (exact) mass is 2070 g/mol. The van der Waals surface area contributed by atoms with Gasteiger partial charge in [-0.1, -0.05) is 163 Å². The number of ether oxygens (including phenoxy) is 6. The van der Waals surface area contributed by atoms with Crippen LogP contribution in [0.2, 0.25) is 35.4 Å². The number of carbonyl (C=O) groups excluding carboxylic acids is 5. The number of nitrogens with two attached hydrogens (primary N) is 3. The van der Waals surface area contributed by atoms with E-state index in [1.807, 2.05) is 0 Å². The Morgan fingerprint density at radius 3 is 1.02 bits per heavy atom. The topological polar surface area (TPSA) is 421 Å². The van der Waals surface area contributed by atoms with Crippen molar-refractivity contribution in [1.82, 2.24) is 53.8 Å². The molecule has 43 heteroatoms. The minimum Gasteiger partial charge on any atom is -0.495 e. The molecule has 3 fully saturated rings. The average Bonchev–Trinajstić information content (AvgIpc) is 0.756. The smallest absolute Gasteiger partial charge is 0.330 e. The number of aryl methyl sites for hydroxylation is 3. The first-order valence-corrected chi connectivity index (χ1v) is 47.7. The van der Waals surface area contributed by atoms with E-state index in [0.717, 1.165) is 64.2 Å². The standard InChI is InChI=1S/C30H33Cl2N7O5.C27H31Cl2N7O4.C21H18Cl3N5O4.C6H14N2.C6H15N.C4H6O.C2H6.CH4/c1-5-23(40)34-19-8-6-7-9-20(19)35-29-33-14-18-16-38(27-25(31)21(43-3)13-22(44-4)26(27)32)30(42)39(28(18)36-29)15-17-10-11-37(2)24(41)12-17;1-34-9-8-15(10-21(34)37)13-36-25-16(12-31-26(33-25)32-18-7-5-4-6-17(18)30)14-35(27(36)38)24-22(28)19(39-2)11-20(40-3)23(24)29;1-27-5-4-11(6-15(27)30)9-29-19-12(8-25-20(24)26-19)10-28(21(29)31)18-16(22)13(32-2)7-14(33-3)17(18)23;7-5-3-1-2-4-6(5)8;1-4-7(5-2)6-3;1-3-4(2)5;1-2;/h5,10-14,19-20H,1,6-9,15-16H2,2-4H3,(H,34,40)(H,33,35,36);8-12,17-18H,4-7,13-14,30H2,1-3H3,(H,31,32,33);4-8H,9-10H2,1-3H3;5-6H,1-4,7-8H2;4-6H2,1-3H3;3H,1H2,2H3;1-2H3;1H4/i;;;;;;1D;. The fraction of sp³-hybridized carbons (Fsp3) is 0.443. The van der Waals surface area contributed by atoms with Gasteiger partial charge in [-0.15, -0.1) is 0 Å². The number of hydrogen-bond acceptors (Lipinski definition) is 26. The summed E-state index contributed by atoms with van der Waals surface area (Å²) < 4.78 is 42.9. The van der Waals surface area contributed by atoms with Crippen LogP contribution in [0.25, 0.3) is 0 Å². The van der Waals surface area contributed by atoms with E-state index in [-0.39, 0.29) is 187 Å². The van der Waals surface area contributed by atoms with Gasteiger partial charge in [-0.25, -0.2) is 29.3 Å². The number of rotatable bonds is 25. The van der Waals surface area contributed by atoms with Crippen LogP contribution in [0, 0.1) is 0 Å². The molecule has 3 saturated carbocycles. The maximum Gasteiger partial charge on any atom is 0.330 e. The lowest BCUT2D eigenvalue weighted by Crippen LogP contribution is -2.49. The average molecular weight is 2070 g/mol. The van der Waals surface area contributed by atoms with Crippen LogP contribution in [0.4, 0.5) is 60.8 Å². The van der Waals surface area contributed by atoms with Crippen LogP contribution < -0.4 is 108 Å². The highest BCUT2D eigenvalue weighted by atomic mass is 35.5. The third-order valence-electron chi connectivity index (χ3n) is 23.9. The predicted molar refractivity (Wildman–Crippen MR) is 557 cm³/mol. The van der Waals surface area contributed by atoms with Crippen LogP contribution in [0.3, 0.4) is 0 Å². The van der Waals surface area contributed by atoms with Crippen molar-refractivity contribution in [2.45, 2.75) is 202 Å². The summed E-state index contributed by atoms with van der Waals surface area (Å²) in [5, 5.41) is 10.6. The molecule has 15 rings (SSSR count). The Kier molecular flexibility index (Phi) is 43.1. The molecule has 9 heterocycles. The zero-order chi connectivity index (χ0) is 103. The van der Waals surface area contributed by atoms with Crippen LogP contribution in [0.15, 0.2) is 131 Å². The van der Waals surface area contributed by atoms with Gasteiger partial charge in [-0.05, 0) is 124 Å². The van der Waals surface area contributed by atoms with Crippen molar-refractivity contribution >= 4 is 157 Å². The summed E-state index contributed by atoms with van der Waals surface area (Å²) in [6, 6.07) is 13.3. The summed E-state index contributed by atoms with van der Waals surface area (Å²) in [5.74, 6) is 3.33. The van der Waals surface area contributed by atoms with Crippen molar-refractivity contribution < 1.29 is 53.8 Å². The second-order valence-corrected chi connectivity index (χ2v) is 35.4. The molecule has 9 N–H and O–H groups in total. The molecule has 140 heavy (non-hydrogen) atoms. The fourth-order valence-electron chi connectivity index (χ4n) is 15.9. The second-order valence-electron chi connectivity index (χ2n) is 32.8. The Balaban J connectivity index is 0.000000232. The highest BCUT2D eigenvalue weighted by molar-refractivity contribution is 6.44. The molecule has 6 aromatic heterocycles. The van der Waals surface area contributed by atoms with Gasteiger partial charge < -0.3 is 80.2 Å². The molecule has 0 spiro atoms. The zero-order valence-electron chi connectivity index (χ0n) is 81.5. The number of methoxy groups -OCH3 is 6. The molecule has 3 aromatic carbocycles. The Morgan fingerprint density at radius 1 is 0.457 bits per heavy atom. The van der Waals surface area contributed by atoms with E-state index in [2.05, 4.69) is 74.7 Å². The molecule has 758 valence electrons. The molecule has 0 bridgehead atoms. The third-order valence-corrected chi connectivity index (χ3v) is 26.2. The van der Waals surface area contributed by atoms with Gasteiger partial charge in [-0.2, -0.15) is 15.0 Å². The molecule has 6 atom stereocenters. The maximum absolute atomic E-state index is 14.3. The first-order chi connectivity index (χ1) is 66.9. The Labute approximate surface area is 853 Å². The zero-order valence-corrected chi connectivity index (χ0v) is 85.8. The number of ketones is 1. The molecule has 0 radical (unpaired) electrons. The Hall–Kier alpha value is -11.6. The lowest BCUT2D eigenvalue weighted by molar-refractivity contribution is -0.117. The summed E-state index contributed by atoms with van der Waals surface area (Å²) >= 11 is 45.9. The Morgan fingerprint density at radius 2 is 0.743 bits per heavy atom. The number of halogens is 7. The summed E-state index contributed by atoms with van der Waals surface area (Å²) in [6.07, 6.45) is 24.7. The number of hydrogen-bond donors (Lipinski definition) is 6. The minimum atomic E-state index is -0.476. The van der Waals surface area contributed by atoms with Crippen molar-refractivity contribution in [3.05, 3.63) is 217 Å². The number of fused-ring (bicyclic) bond motifs is 3. The first kappa shape index (κ1) is 112. The fourth-order valence-corrected chi connectivity index (χ4v) is 18.2. The number of amides is 7. The van der Waals surface area contributed by atoms with E-state index >= 15 is 0 Å². The number of pyridine rings is 3.